The molecule has 0 amide bonds. The molecule has 0 spiro atoms. The molecule has 33 heavy (non-hydrogen) atoms. The maximum absolute atomic E-state index is 13.7. The van der Waals surface area contributed by atoms with Gasteiger partial charge < -0.3 is 15.0 Å². The highest BCUT2D eigenvalue weighted by Crippen LogP contribution is 2.45. The van der Waals surface area contributed by atoms with Gasteiger partial charge in [-0.25, -0.2) is 9.37 Å². The van der Waals surface area contributed by atoms with Gasteiger partial charge in [0, 0.05) is 18.9 Å². The lowest BCUT2D eigenvalue weighted by Crippen LogP contribution is -2.45. The molecule has 0 unspecified atom stereocenters. The standard InChI is InChI=1S/C28H38FN3O/c1-20(2)27-23-13-12-22(29)19-21(23)14-15-28(27,33)16-18-32(3)17-8-4-5-11-26-30-24-9-6-7-10-25(24)31-26/h6-7,9-10,12-13,19-20,27,33H,4-5,8,11,14-18H2,1-3H3,(H,30,31)/t27-,28-/m0/s1. The molecule has 0 bridgehead atoms. The van der Waals surface area contributed by atoms with E-state index in [1.807, 2.05) is 24.3 Å². The third-order valence-electron chi connectivity index (χ3n) is 7.33. The van der Waals surface area contributed by atoms with Crippen molar-refractivity contribution in [2.45, 2.75) is 70.3 Å². The molecular weight excluding hydrogens is 413 g/mol. The molecule has 0 radical (unpaired) electrons. The molecule has 1 heterocycles. The average molecular weight is 452 g/mol. The number of aliphatic hydroxyl groups is 1. The summed E-state index contributed by atoms with van der Waals surface area (Å²) in [6, 6.07) is 13.3. The number of aromatic nitrogens is 2. The largest absolute Gasteiger partial charge is 0.389 e. The van der Waals surface area contributed by atoms with Crippen molar-refractivity contribution in [3.63, 3.8) is 0 Å². The van der Waals surface area contributed by atoms with Gasteiger partial charge in [0.25, 0.3) is 0 Å². The van der Waals surface area contributed by atoms with Crippen molar-refractivity contribution in [2.75, 3.05) is 20.1 Å². The molecule has 4 rings (SSSR count). The Balaban J connectivity index is 1.23. The maximum Gasteiger partial charge on any atom is 0.123 e. The van der Waals surface area contributed by atoms with E-state index in [4.69, 9.17) is 0 Å². The van der Waals surface area contributed by atoms with Crippen LogP contribution in [0.2, 0.25) is 0 Å². The Morgan fingerprint density at radius 3 is 2.76 bits per heavy atom. The predicted molar refractivity (Wildman–Crippen MR) is 133 cm³/mol. The molecule has 0 saturated heterocycles. The number of nitrogens with zero attached hydrogens (tertiary/aromatic N) is 2. The molecule has 1 aliphatic rings. The summed E-state index contributed by atoms with van der Waals surface area (Å²) in [5.41, 5.74) is 3.62. The Morgan fingerprint density at radius 1 is 1.15 bits per heavy atom. The van der Waals surface area contributed by atoms with E-state index >= 15 is 0 Å². The van der Waals surface area contributed by atoms with Crippen molar-refractivity contribution in [1.82, 2.24) is 14.9 Å². The monoisotopic (exact) mass is 451 g/mol. The number of unbranched alkanes of at least 4 members (excludes halogenated alkanes) is 2. The first-order chi connectivity index (χ1) is 15.9. The topological polar surface area (TPSA) is 52.1 Å². The number of rotatable bonds is 10. The van der Waals surface area contributed by atoms with Crippen LogP contribution >= 0.6 is 0 Å². The molecule has 1 aliphatic carbocycles. The van der Waals surface area contributed by atoms with Gasteiger partial charge in [-0.05, 0) is 87.0 Å². The van der Waals surface area contributed by atoms with Gasteiger partial charge >= 0.3 is 0 Å². The molecular formula is C28H38FN3O. The number of nitrogens with one attached hydrogen (secondary N) is 1. The highest BCUT2D eigenvalue weighted by atomic mass is 19.1. The van der Waals surface area contributed by atoms with Crippen LogP contribution < -0.4 is 0 Å². The van der Waals surface area contributed by atoms with Crippen molar-refractivity contribution >= 4 is 11.0 Å². The van der Waals surface area contributed by atoms with Crippen molar-refractivity contribution < 1.29 is 9.50 Å². The second-order valence-electron chi connectivity index (χ2n) is 10.2. The summed E-state index contributed by atoms with van der Waals surface area (Å²) in [5.74, 6) is 1.26. The van der Waals surface area contributed by atoms with Gasteiger partial charge in [0.05, 0.1) is 16.6 Å². The van der Waals surface area contributed by atoms with Crippen LogP contribution in [0.3, 0.4) is 0 Å². The first kappa shape index (κ1) is 23.9. The minimum absolute atomic E-state index is 0.0547. The van der Waals surface area contributed by atoms with Gasteiger partial charge in [0.15, 0.2) is 0 Å². The van der Waals surface area contributed by atoms with Crippen molar-refractivity contribution in [3.05, 3.63) is 65.2 Å². The molecule has 0 aliphatic heterocycles. The molecule has 2 atom stereocenters. The van der Waals surface area contributed by atoms with E-state index in [1.54, 1.807) is 6.07 Å². The second-order valence-corrected chi connectivity index (χ2v) is 10.2. The zero-order chi connectivity index (χ0) is 23.4. The van der Waals surface area contributed by atoms with Crippen LogP contribution in [0, 0.1) is 11.7 Å². The van der Waals surface area contributed by atoms with E-state index in [2.05, 4.69) is 41.8 Å². The van der Waals surface area contributed by atoms with Crippen LogP contribution in [0.1, 0.15) is 68.8 Å². The number of fused-ring (bicyclic) bond motifs is 2. The van der Waals surface area contributed by atoms with Gasteiger partial charge in [0.2, 0.25) is 0 Å². The highest BCUT2D eigenvalue weighted by molar-refractivity contribution is 5.74. The van der Waals surface area contributed by atoms with E-state index in [1.165, 1.54) is 12.5 Å². The van der Waals surface area contributed by atoms with E-state index < -0.39 is 5.60 Å². The Labute approximate surface area is 197 Å². The number of H-pyrrole nitrogens is 1. The fraction of sp³-hybridized carbons (Fsp3) is 0.536. The number of aromatic amines is 1. The summed E-state index contributed by atoms with van der Waals surface area (Å²) < 4.78 is 13.7. The molecule has 3 aromatic rings. The zero-order valence-corrected chi connectivity index (χ0v) is 20.3. The van der Waals surface area contributed by atoms with Crippen molar-refractivity contribution in [2.24, 2.45) is 5.92 Å². The predicted octanol–water partition coefficient (Wildman–Crippen LogP) is 5.85. The van der Waals surface area contributed by atoms with Gasteiger partial charge in [-0.15, -0.1) is 0 Å². The molecule has 4 nitrogen and oxygen atoms in total. The van der Waals surface area contributed by atoms with E-state index in [0.29, 0.717) is 12.3 Å². The van der Waals surface area contributed by atoms with E-state index in [9.17, 15) is 9.50 Å². The third-order valence-corrected chi connectivity index (χ3v) is 7.33. The summed E-state index contributed by atoms with van der Waals surface area (Å²) in [4.78, 5) is 10.4. The van der Waals surface area contributed by atoms with Crippen LogP contribution in [0.25, 0.3) is 11.0 Å². The molecule has 178 valence electrons. The lowest BCUT2D eigenvalue weighted by atomic mass is 9.66. The van der Waals surface area contributed by atoms with Crippen LogP contribution in [0.4, 0.5) is 4.39 Å². The quantitative estimate of drug-likeness (QED) is 0.380. The van der Waals surface area contributed by atoms with Crippen LogP contribution in [-0.2, 0) is 12.8 Å². The van der Waals surface area contributed by atoms with Gasteiger partial charge in [-0.1, -0.05) is 38.5 Å². The van der Waals surface area contributed by atoms with Crippen molar-refractivity contribution in [3.8, 4) is 0 Å². The van der Waals surface area contributed by atoms with Gasteiger partial charge in [0.1, 0.15) is 11.6 Å². The minimum Gasteiger partial charge on any atom is -0.389 e. The fourth-order valence-corrected chi connectivity index (χ4v) is 5.62. The normalized spacial score (nSPS) is 20.6. The third kappa shape index (κ3) is 5.64. The number of benzene rings is 2. The van der Waals surface area contributed by atoms with Crippen LogP contribution in [0.5, 0.6) is 0 Å². The number of aryl methyl sites for hydroxylation is 2. The summed E-state index contributed by atoms with van der Waals surface area (Å²) >= 11 is 0. The minimum atomic E-state index is -0.728. The number of para-hydroxylation sites is 2. The molecule has 2 aromatic carbocycles. The molecule has 5 heteroatoms. The number of hydrogen-bond donors (Lipinski definition) is 2. The van der Waals surface area contributed by atoms with Gasteiger partial charge in [-0.3, -0.25) is 0 Å². The fourth-order valence-electron chi connectivity index (χ4n) is 5.62. The number of halogens is 1. The SMILES string of the molecule is CC(C)[C@H]1c2ccc(F)cc2CC[C@]1(O)CCN(C)CCCCCc1nc2ccccc2[nH]1. The summed E-state index contributed by atoms with van der Waals surface area (Å²) in [6.07, 6.45) is 6.62. The Bertz CT molecular complexity index is 1030. The number of imidazole rings is 1. The van der Waals surface area contributed by atoms with Crippen LogP contribution in [-0.4, -0.2) is 45.7 Å². The molecule has 0 saturated carbocycles. The molecule has 0 fully saturated rings. The summed E-state index contributed by atoms with van der Waals surface area (Å²) in [6.45, 7) is 6.24. The Kier molecular flexibility index (Phi) is 7.50. The lowest BCUT2D eigenvalue weighted by molar-refractivity contribution is -0.0301. The smallest absolute Gasteiger partial charge is 0.123 e. The lowest BCUT2D eigenvalue weighted by Gasteiger charge is -2.44. The van der Waals surface area contributed by atoms with Crippen molar-refractivity contribution in [1.29, 1.82) is 0 Å². The molecule has 2 N–H and O–H groups in total. The second kappa shape index (κ2) is 10.4. The highest BCUT2D eigenvalue weighted by Gasteiger charge is 2.43. The Morgan fingerprint density at radius 2 is 1.97 bits per heavy atom. The first-order valence-electron chi connectivity index (χ1n) is 12.5. The maximum atomic E-state index is 13.7. The zero-order valence-electron chi connectivity index (χ0n) is 20.3. The van der Waals surface area contributed by atoms with E-state index in [0.717, 1.165) is 73.2 Å². The van der Waals surface area contributed by atoms with Crippen LogP contribution in [0.15, 0.2) is 42.5 Å². The molecule has 1 aromatic heterocycles. The Hall–Kier alpha value is -2.24. The van der Waals surface area contributed by atoms with E-state index in [-0.39, 0.29) is 11.7 Å². The average Bonchev–Trinajstić information content (AvgIpc) is 3.20. The first-order valence-corrected chi connectivity index (χ1v) is 12.5. The summed E-state index contributed by atoms with van der Waals surface area (Å²) in [7, 11) is 2.15. The summed E-state index contributed by atoms with van der Waals surface area (Å²) in [5, 5.41) is 11.6. The number of hydrogen-bond acceptors (Lipinski definition) is 3. The van der Waals surface area contributed by atoms with Gasteiger partial charge in [-0.2, -0.15) is 0 Å².